The third-order valence-electron chi connectivity index (χ3n) is 4.05. The van der Waals surface area contributed by atoms with E-state index in [1.165, 1.54) is 31.5 Å². The van der Waals surface area contributed by atoms with Gasteiger partial charge in [-0.3, -0.25) is 4.79 Å². The van der Waals surface area contributed by atoms with Gasteiger partial charge in [0.25, 0.3) is 0 Å². The predicted molar refractivity (Wildman–Crippen MR) is 69.6 cm³/mol. The van der Waals surface area contributed by atoms with Gasteiger partial charge < -0.3 is 9.47 Å². The van der Waals surface area contributed by atoms with E-state index in [1.807, 2.05) is 13.0 Å². The zero-order valence-corrected chi connectivity index (χ0v) is 11.1. The summed E-state index contributed by atoms with van der Waals surface area (Å²) in [5.41, 5.74) is 3.14. The number of carbonyl (C=O) groups excluding carboxylic acids is 1. The highest BCUT2D eigenvalue weighted by molar-refractivity contribution is 5.77. The summed E-state index contributed by atoms with van der Waals surface area (Å²) in [6, 6.07) is 2.61. The highest BCUT2D eigenvalue weighted by Gasteiger charge is 2.20. The smallest absolute Gasteiger partial charge is 0.151 e. The van der Waals surface area contributed by atoms with Crippen molar-refractivity contribution in [3.63, 3.8) is 0 Å². The molecule has 1 aromatic rings. The first-order chi connectivity index (χ1) is 8.13. The number of nitrogens with zero attached hydrogens (tertiary/aromatic N) is 2. The normalized spacial score (nSPS) is 21.7. The molecule has 94 valence electrons. The molecule has 1 aliphatic heterocycles. The van der Waals surface area contributed by atoms with Crippen LogP contribution in [0.25, 0.3) is 0 Å². The lowest BCUT2D eigenvalue weighted by molar-refractivity contribution is 0.112. The van der Waals surface area contributed by atoms with Gasteiger partial charge in [-0.25, -0.2) is 0 Å². The molecule has 2 rings (SSSR count). The molecule has 0 saturated carbocycles. The molecule has 2 heterocycles. The molecule has 3 heteroatoms. The minimum Gasteiger partial charge on any atom is -0.347 e. The number of hydrogen-bond acceptors (Lipinski definition) is 2. The largest absolute Gasteiger partial charge is 0.347 e. The van der Waals surface area contributed by atoms with Gasteiger partial charge in [-0.15, -0.1) is 0 Å². The van der Waals surface area contributed by atoms with E-state index in [9.17, 15) is 4.79 Å². The van der Waals surface area contributed by atoms with Crippen LogP contribution in [-0.2, 0) is 6.54 Å². The monoisotopic (exact) mass is 234 g/mol. The quantitative estimate of drug-likeness (QED) is 0.750. The van der Waals surface area contributed by atoms with Gasteiger partial charge >= 0.3 is 0 Å². The van der Waals surface area contributed by atoms with Gasteiger partial charge in [-0.1, -0.05) is 6.42 Å². The minimum absolute atomic E-state index is 0.619. The minimum atomic E-state index is 0.619. The van der Waals surface area contributed by atoms with Crippen LogP contribution in [-0.4, -0.2) is 35.4 Å². The summed E-state index contributed by atoms with van der Waals surface area (Å²) in [5, 5.41) is 0. The molecule has 0 radical (unpaired) electrons. The first-order valence-electron chi connectivity index (χ1n) is 6.45. The molecule has 1 aliphatic rings. The molecule has 0 N–H and O–H groups in total. The fourth-order valence-electron chi connectivity index (χ4n) is 2.81. The lowest BCUT2D eigenvalue weighted by Crippen LogP contribution is -2.39. The van der Waals surface area contributed by atoms with Crippen molar-refractivity contribution in [1.29, 1.82) is 0 Å². The molecule has 0 amide bonds. The fraction of sp³-hybridized carbons (Fsp3) is 0.643. The summed E-state index contributed by atoms with van der Waals surface area (Å²) in [4.78, 5) is 13.4. The second-order valence-corrected chi connectivity index (χ2v) is 5.19. The van der Waals surface area contributed by atoms with Crippen molar-refractivity contribution in [1.82, 2.24) is 9.47 Å². The van der Waals surface area contributed by atoms with Crippen LogP contribution < -0.4 is 0 Å². The van der Waals surface area contributed by atoms with Gasteiger partial charge in [0.15, 0.2) is 6.29 Å². The Morgan fingerprint density at radius 2 is 2.18 bits per heavy atom. The van der Waals surface area contributed by atoms with Crippen molar-refractivity contribution in [2.24, 2.45) is 0 Å². The van der Waals surface area contributed by atoms with Gasteiger partial charge in [0.05, 0.1) is 0 Å². The molecule has 0 aliphatic carbocycles. The van der Waals surface area contributed by atoms with E-state index >= 15 is 0 Å². The summed E-state index contributed by atoms with van der Waals surface area (Å²) in [6.07, 6.45) is 4.87. The van der Waals surface area contributed by atoms with Gasteiger partial charge in [0, 0.05) is 29.5 Å². The topological polar surface area (TPSA) is 25.2 Å². The van der Waals surface area contributed by atoms with Crippen molar-refractivity contribution < 1.29 is 4.79 Å². The summed E-state index contributed by atoms with van der Waals surface area (Å²) < 4.78 is 2.29. The van der Waals surface area contributed by atoms with Crippen molar-refractivity contribution in [3.05, 3.63) is 23.0 Å². The van der Waals surface area contributed by atoms with Crippen LogP contribution in [0.5, 0.6) is 0 Å². The van der Waals surface area contributed by atoms with Crippen LogP contribution in [0.1, 0.15) is 41.0 Å². The molecule has 0 spiro atoms. The summed E-state index contributed by atoms with van der Waals surface area (Å²) in [5.74, 6) is 0. The Bertz CT molecular complexity index is 409. The van der Waals surface area contributed by atoms with E-state index < -0.39 is 0 Å². The van der Waals surface area contributed by atoms with Crippen LogP contribution in [0.2, 0.25) is 0 Å². The van der Waals surface area contributed by atoms with E-state index in [2.05, 4.69) is 23.4 Å². The third kappa shape index (κ3) is 2.44. The second kappa shape index (κ2) is 5.05. The number of aldehydes is 1. The third-order valence-corrected chi connectivity index (χ3v) is 4.05. The maximum absolute atomic E-state index is 10.9. The Morgan fingerprint density at radius 1 is 1.41 bits per heavy atom. The number of aromatic nitrogens is 1. The number of likely N-dealkylation sites (tertiary alicyclic amines) is 1. The maximum Gasteiger partial charge on any atom is 0.151 e. The Kier molecular flexibility index (Phi) is 3.67. The molecule has 1 fully saturated rings. The van der Waals surface area contributed by atoms with Gasteiger partial charge in [-0.05, 0) is 46.3 Å². The highest BCUT2D eigenvalue weighted by Crippen LogP contribution is 2.20. The van der Waals surface area contributed by atoms with E-state index in [-0.39, 0.29) is 0 Å². The van der Waals surface area contributed by atoms with Gasteiger partial charge in [-0.2, -0.15) is 0 Å². The van der Waals surface area contributed by atoms with Crippen molar-refractivity contribution in [3.8, 4) is 0 Å². The summed E-state index contributed by atoms with van der Waals surface area (Å²) in [7, 11) is 2.21. The number of aryl methyl sites for hydroxylation is 1. The molecule has 1 unspecified atom stereocenters. The average molecular weight is 234 g/mol. The van der Waals surface area contributed by atoms with Gasteiger partial charge in [0.1, 0.15) is 0 Å². The lowest BCUT2D eigenvalue weighted by atomic mass is 10.0. The summed E-state index contributed by atoms with van der Waals surface area (Å²) >= 11 is 0. The molecular weight excluding hydrogens is 212 g/mol. The fourth-order valence-corrected chi connectivity index (χ4v) is 2.81. The Labute approximate surface area is 103 Å². The maximum atomic E-state index is 10.9. The lowest BCUT2D eigenvalue weighted by Gasteiger charge is -2.33. The van der Waals surface area contributed by atoms with Gasteiger partial charge in [0.2, 0.25) is 0 Å². The Morgan fingerprint density at radius 3 is 2.76 bits per heavy atom. The molecule has 17 heavy (non-hydrogen) atoms. The van der Waals surface area contributed by atoms with E-state index in [0.717, 1.165) is 24.1 Å². The van der Waals surface area contributed by atoms with E-state index in [4.69, 9.17) is 0 Å². The van der Waals surface area contributed by atoms with Crippen molar-refractivity contribution >= 4 is 6.29 Å². The summed E-state index contributed by atoms with van der Waals surface area (Å²) in [6.45, 7) is 6.34. The zero-order chi connectivity index (χ0) is 12.4. The molecule has 1 aromatic heterocycles. The predicted octanol–water partition coefficient (Wildman–Crippen LogP) is 2.40. The number of hydrogen-bond donors (Lipinski definition) is 0. The second-order valence-electron chi connectivity index (χ2n) is 5.19. The highest BCUT2D eigenvalue weighted by atomic mass is 16.1. The number of likely N-dealkylation sites (N-methyl/N-ethyl adjacent to an activating group) is 1. The van der Waals surface area contributed by atoms with Crippen LogP contribution in [0.3, 0.4) is 0 Å². The van der Waals surface area contributed by atoms with Crippen LogP contribution >= 0.6 is 0 Å². The van der Waals surface area contributed by atoms with Crippen molar-refractivity contribution in [2.75, 3.05) is 13.6 Å². The molecule has 1 saturated heterocycles. The van der Waals surface area contributed by atoms with Crippen LogP contribution in [0, 0.1) is 13.8 Å². The number of rotatable bonds is 3. The standard InChI is InChI=1S/C14H22N2O/c1-11-8-13(10-17)12(2)16(11)9-14-6-4-5-7-15(14)3/h8,10,14H,4-7,9H2,1-3H3. The van der Waals surface area contributed by atoms with E-state index in [1.54, 1.807) is 0 Å². The molecule has 1 atom stereocenters. The first kappa shape index (κ1) is 12.4. The van der Waals surface area contributed by atoms with E-state index in [0.29, 0.717) is 6.04 Å². The van der Waals surface area contributed by atoms with Crippen LogP contribution in [0.15, 0.2) is 6.07 Å². The zero-order valence-electron chi connectivity index (χ0n) is 11.1. The first-order valence-corrected chi connectivity index (χ1v) is 6.45. The molecule has 3 nitrogen and oxygen atoms in total. The van der Waals surface area contributed by atoms with Crippen LogP contribution in [0.4, 0.5) is 0 Å². The SMILES string of the molecule is Cc1cc(C=O)c(C)n1CC1CCCCN1C. The Balaban J connectivity index is 2.17. The van der Waals surface area contributed by atoms with Crippen molar-refractivity contribution in [2.45, 2.75) is 45.7 Å². The average Bonchev–Trinajstić information content (AvgIpc) is 2.59. The Hall–Kier alpha value is -1.09. The number of carbonyl (C=O) groups is 1. The molecular formula is C14H22N2O. The molecule has 0 aromatic carbocycles. The number of piperidine rings is 1. The molecule has 0 bridgehead atoms.